The summed E-state index contributed by atoms with van der Waals surface area (Å²) >= 11 is 0. The summed E-state index contributed by atoms with van der Waals surface area (Å²) in [6.45, 7) is 2.47. The van der Waals surface area contributed by atoms with Crippen LogP contribution in [0.4, 0.5) is 0 Å². The average Bonchev–Trinajstić information content (AvgIpc) is 2.66. The van der Waals surface area contributed by atoms with Gasteiger partial charge >= 0.3 is 5.63 Å². The second kappa shape index (κ2) is 6.96. The van der Waals surface area contributed by atoms with E-state index in [4.69, 9.17) is 4.42 Å². The predicted molar refractivity (Wildman–Crippen MR) is 102 cm³/mol. The first kappa shape index (κ1) is 16.9. The largest absolute Gasteiger partial charge is 0.507 e. The minimum Gasteiger partial charge on any atom is -0.507 e. The van der Waals surface area contributed by atoms with Crippen LogP contribution in [0.1, 0.15) is 48.1 Å². The van der Waals surface area contributed by atoms with E-state index in [1.807, 2.05) is 13.0 Å². The van der Waals surface area contributed by atoms with E-state index in [0.717, 1.165) is 36.6 Å². The first-order chi connectivity index (χ1) is 12.7. The lowest BCUT2D eigenvalue weighted by atomic mass is 9.87. The number of phenols is 1. The van der Waals surface area contributed by atoms with Crippen molar-refractivity contribution in [3.8, 4) is 5.75 Å². The van der Waals surface area contributed by atoms with Crippen LogP contribution in [0.3, 0.4) is 0 Å². The third kappa shape index (κ3) is 3.01. The summed E-state index contributed by atoms with van der Waals surface area (Å²) in [5, 5.41) is 14.8. The molecule has 0 aliphatic heterocycles. The number of nitrogens with one attached hydrogen (secondary N) is 1. The zero-order valence-electron chi connectivity index (χ0n) is 14.9. The summed E-state index contributed by atoms with van der Waals surface area (Å²) < 4.78 is 5.47. The van der Waals surface area contributed by atoms with Gasteiger partial charge in [0.1, 0.15) is 11.3 Å². The van der Waals surface area contributed by atoms with E-state index in [2.05, 4.69) is 29.6 Å². The fourth-order valence-corrected chi connectivity index (χ4v) is 3.99. The van der Waals surface area contributed by atoms with Gasteiger partial charge in [0, 0.05) is 24.0 Å². The maximum absolute atomic E-state index is 11.9. The third-order valence-corrected chi connectivity index (χ3v) is 5.35. The lowest BCUT2D eigenvalue weighted by Gasteiger charge is -2.26. The second-order valence-electron chi connectivity index (χ2n) is 6.91. The lowest BCUT2D eigenvalue weighted by Crippen LogP contribution is -2.25. The van der Waals surface area contributed by atoms with Gasteiger partial charge in [-0.3, -0.25) is 0 Å². The van der Waals surface area contributed by atoms with Gasteiger partial charge in [0.25, 0.3) is 0 Å². The third-order valence-electron chi connectivity index (χ3n) is 5.35. The number of hydrogen-bond acceptors (Lipinski definition) is 4. The molecule has 0 saturated heterocycles. The Labute approximate surface area is 152 Å². The van der Waals surface area contributed by atoms with Crippen molar-refractivity contribution >= 4 is 11.0 Å². The van der Waals surface area contributed by atoms with Gasteiger partial charge in [-0.05, 0) is 54.5 Å². The number of phenolic OH excluding ortho intramolecular Hbond substituents is 1. The van der Waals surface area contributed by atoms with Gasteiger partial charge in [-0.15, -0.1) is 0 Å². The molecule has 134 valence electrons. The highest BCUT2D eigenvalue weighted by molar-refractivity contribution is 5.85. The van der Waals surface area contributed by atoms with Crippen LogP contribution in [0.5, 0.6) is 5.75 Å². The smallest absolute Gasteiger partial charge is 0.336 e. The Morgan fingerprint density at radius 2 is 2.08 bits per heavy atom. The van der Waals surface area contributed by atoms with E-state index in [0.29, 0.717) is 17.7 Å². The molecule has 4 nitrogen and oxygen atoms in total. The molecule has 2 N–H and O–H groups in total. The number of rotatable bonds is 4. The summed E-state index contributed by atoms with van der Waals surface area (Å²) in [5.41, 5.74) is 4.43. The van der Waals surface area contributed by atoms with Gasteiger partial charge in [-0.25, -0.2) is 4.79 Å². The molecule has 2 aromatic carbocycles. The maximum Gasteiger partial charge on any atom is 0.336 e. The molecule has 0 spiro atoms. The molecule has 1 aliphatic carbocycles. The molecule has 26 heavy (non-hydrogen) atoms. The standard InChI is InChI=1S/C22H23NO3/c1-2-14-12-21(25)26-22-17(14)10-11-20(24)18(22)13-23-19-9-5-7-15-6-3-4-8-16(15)19/h3-4,6,8,10-12,19,23-24H,2,5,7,9,13H2,1H3/t19-/m0/s1. The van der Waals surface area contributed by atoms with Crippen molar-refractivity contribution in [2.75, 3.05) is 0 Å². The molecule has 3 aromatic rings. The fourth-order valence-electron chi connectivity index (χ4n) is 3.99. The first-order valence-electron chi connectivity index (χ1n) is 9.26. The minimum absolute atomic E-state index is 0.158. The fraction of sp³-hybridized carbons (Fsp3) is 0.318. The van der Waals surface area contributed by atoms with E-state index in [9.17, 15) is 9.90 Å². The van der Waals surface area contributed by atoms with E-state index in [1.165, 1.54) is 17.2 Å². The molecule has 4 heteroatoms. The van der Waals surface area contributed by atoms with Crippen molar-refractivity contribution in [3.05, 3.63) is 75.1 Å². The molecule has 0 fully saturated rings. The summed E-state index contributed by atoms with van der Waals surface area (Å²) in [5.74, 6) is 0.158. The van der Waals surface area contributed by atoms with Crippen molar-refractivity contribution < 1.29 is 9.52 Å². The molecule has 0 bridgehead atoms. The second-order valence-corrected chi connectivity index (χ2v) is 6.91. The van der Waals surface area contributed by atoms with E-state index >= 15 is 0 Å². The number of benzene rings is 2. The predicted octanol–water partition coefficient (Wildman–Crippen LogP) is 4.23. The van der Waals surface area contributed by atoms with Crippen LogP contribution in [0, 0.1) is 0 Å². The molecule has 4 rings (SSSR count). The molecule has 0 unspecified atom stereocenters. The van der Waals surface area contributed by atoms with Crippen LogP contribution in [0.2, 0.25) is 0 Å². The van der Waals surface area contributed by atoms with Crippen LogP contribution in [-0.4, -0.2) is 5.11 Å². The summed E-state index contributed by atoms with van der Waals surface area (Å²) in [4.78, 5) is 11.9. The number of hydrogen-bond donors (Lipinski definition) is 2. The number of aryl methyl sites for hydroxylation is 2. The minimum atomic E-state index is -0.371. The molecule has 1 aliphatic rings. The Kier molecular flexibility index (Phi) is 4.51. The van der Waals surface area contributed by atoms with Gasteiger partial charge in [0.15, 0.2) is 0 Å². The van der Waals surface area contributed by atoms with Gasteiger partial charge in [0.05, 0.1) is 5.56 Å². The molecule has 0 saturated carbocycles. The van der Waals surface area contributed by atoms with Gasteiger partial charge in [-0.1, -0.05) is 31.2 Å². The molecule has 1 atom stereocenters. The zero-order chi connectivity index (χ0) is 18.1. The normalized spacial score (nSPS) is 16.6. The highest BCUT2D eigenvalue weighted by Crippen LogP contribution is 2.32. The van der Waals surface area contributed by atoms with Gasteiger partial charge in [-0.2, -0.15) is 0 Å². The highest BCUT2D eigenvalue weighted by Gasteiger charge is 2.20. The average molecular weight is 349 g/mol. The first-order valence-corrected chi connectivity index (χ1v) is 9.26. The van der Waals surface area contributed by atoms with Crippen molar-refractivity contribution in [3.63, 3.8) is 0 Å². The van der Waals surface area contributed by atoms with Crippen molar-refractivity contribution in [2.24, 2.45) is 0 Å². The quantitative estimate of drug-likeness (QED) is 0.692. The van der Waals surface area contributed by atoms with Crippen molar-refractivity contribution in [1.29, 1.82) is 0 Å². The topological polar surface area (TPSA) is 62.5 Å². The Hall–Kier alpha value is -2.59. The van der Waals surface area contributed by atoms with Crippen LogP contribution in [0.15, 0.2) is 51.7 Å². The van der Waals surface area contributed by atoms with E-state index in [1.54, 1.807) is 6.07 Å². The molecule has 1 aromatic heterocycles. The molecular weight excluding hydrogens is 326 g/mol. The lowest BCUT2D eigenvalue weighted by molar-refractivity contribution is 0.434. The highest BCUT2D eigenvalue weighted by atomic mass is 16.4. The van der Waals surface area contributed by atoms with Gasteiger partial charge in [0.2, 0.25) is 0 Å². The SMILES string of the molecule is CCc1cc(=O)oc2c(CN[C@H]3CCCc4ccccc43)c(O)ccc12. The van der Waals surface area contributed by atoms with Crippen LogP contribution >= 0.6 is 0 Å². The van der Waals surface area contributed by atoms with Crippen molar-refractivity contribution in [2.45, 2.75) is 45.2 Å². The Morgan fingerprint density at radius 3 is 2.92 bits per heavy atom. The summed E-state index contributed by atoms with van der Waals surface area (Å²) in [7, 11) is 0. The van der Waals surface area contributed by atoms with Crippen molar-refractivity contribution in [1.82, 2.24) is 5.32 Å². The zero-order valence-corrected chi connectivity index (χ0v) is 14.9. The van der Waals surface area contributed by atoms with Gasteiger partial charge < -0.3 is 14.8 Å². The molecular formula is C22H23NO3. The van der Waals surface area contributed by atoms with Crippen LogP contribution in [0.25, 0.3) is 11.0 Å². The molecule has 0 amide bonds. The number of aromatic hydroxyl groups is 1. The van der Waals surface area contributed by atoms with Crippen LogP contribution < -0.4 is 10.9 Å². The molecule has 0 radical (unpaired) electrons. The van der Waals surface area contributed by atoms with E-state index in [-0.39, 0.29) is 17.4 Å². The summed E-state index contributed by atoms with van der Waals surface area (Å²) in [6.07, 6.45) is 4.07. The van der Waals surface area contributed by atoms with E-state index < -0.39 is 0 Å². The monoisotopic (exact) mass is 349 g/mol. The summed E-state index contributed by atoms with van der Waals surface area (Å²) in [6, 6.07) is 13.8. The Bertz CT molecular complexity index is 1010. The Morgan fingerprint density at radius 1 is 1.23 bits per heavy atom. The maximum atomic E-state index is 11.9. The molecule has 1 heterocycles. The number of fused-ring (bicyclic) bond motifs is 2. The Balaban J connectivity index is 1.69. The van der Waals surface area contributed by atoms with Crippen LogP contribution in [-0.2, 0) is 19.4 Å².